The first-order valence-electron chi connectivity index (χ1n) is 9.72. The van der Waals surface area contributed by atoms with Crippen LogP contribution in [0.25, 0.3) is 6.08 Å². The number of para-hydroxylation sites is 1. The molecule has 1 N–H and O–H groups in total. The van der Waals surface area contributed by atoms with E-state index in [1.54, 1.807) is 24.3 Å². The van der Waals surface area contributed by atoms with Crippen LogP contribution in [0.3, 0.4) is 0 Å². The van der Waals surface area contributed by atoms with Gasteiger partial charge in [-0.15, -0.1) is 0 Å². The summed E-state index contributed by atoms with van der Waals surface area (Å²) >= 11 is 3.51. The van der Waals surface area contributed by atoms with Gasteiger partial charge in [0.2, 0.25) is 0 Å². The maximum atomic E-state index is 12.5. The van der Waals surface area contributed by atoms with Gasteiger partial charge in [0.1, 0.15) is 18.2 Å². The zero-order valence-electron chi connectivity index (χ0n) is 17.0. The maximum absolute atomic E-state index is 12.5. The van der Waals surface area contributed by atoms with E-state index >= 15 is 0 Å². The third-order valence-electron chi connectivity index (χ3n) is 4.30. The highest BCUT2D eigenvalue weighted by Crippen LogP contribution is 2.35. The van der Waals surface area contributed by atoms with Crippen LogP contribution in [-0.2, 0) is 11.4 Å². The molecule has 0 aliphatic heterocycles. The second kappa shape index (κ2) is 11.0. The van der Waals surface area contributed by atoms with Crippen LogP contribution in [0.2, 0.25) is 0 Å². The summed E-state index contributed by atoms with van der Waals surface area (Å²) in [6.07, 6.45) is 1.52. The molecule has 0 radical (unpaired) electrons. The van der Waals surface area contributed by atoms with E-state index in [-0.39, 0.29) is 5.57 Å². The summed E-state index contributed by atoms with van der Waals surface area (Å²) in [5.74, 6) is 0.624. The molecular formula is C25H21BrN2O3. The van der Waals surface area contributed by atoms with Gasteiger partial charge in [-0.1, -0.05) is 64.5 Å². The number of carbonyl (C=O) groups excluding carboxylic acids is 1. The molecule has 0 aromatic heterocycles. The molecule has 0 aliphatic carbocycles. The van der Waals surface area contributed by atoms with Crippen molar-refractivity contribution >= 4 is 33.6 Å². The zero-order chi connectivity index (χ0) is 22.1. The van der Waals surface area contributed by atoms with Crippen LogP contribution < -0.4 is 14.8 Å². The number of halogens is 1. The summed E-state index contributed by atoms with van der Waals surface area (Å²) in [6, 6.07) is 24.3. The van der Waals surface area contributed by atoms with Crippen LogP contribution in [0.4, 0.5) is 5.69 Å². The van der Waals surface area contributed by atoms with Gasteiger partial charge in [0.15, 0.2) is 11.5 Å². The minimum absolute atomic E-state index is 0.0232. The van der Waals surface area contributed by atoms with Crippen molar-refractivity contribution in [1.82, 2.24) is 0 Å². The van der Waals surface area contributed by atoms with Crippen molar-refractivity contribution in [2.45, 2.75) is 13.5 Å². The van der Waals surface area contributed by atoms with Crippen LogP contribution in [0.5, 0.6) is 11.5 Å². The molecule has 3 aromatic rings. The zero-order valence-corrected chi connectivity index (χ0v) is 18.6. The van der Waals surface area contributed by atoms with E-state index < -0.39 is 5.91 Å². The average molecular weight is 477 g/mol. The van der Waals surface area contributed by atoms with Crippen LogP contribution in [0, 0.1) is 11.3 Å². The lowest BCUT2D eigenvalue weighted by molar-refractivity contribution is -0.112. The van der Waals surface area contributed by atoms with Crippen molar-refractivity contribution in [2.75, 3.05) is 11.9 Å². The van der Waals surface area contributed by atoms with E-state index in [0.717, 1.165) is 5.56 Å². The fourth-order valence-electron chi connectivity index (χ4n) is 2.80. The van der Waals surface area contributed by atoms with Gasteiger partial charge in [-0.05, 0) is 48.4 Å². The first-order valence-corrected chi connectivity index (χ1v) is 10.5. The molecule has 3 rings (SSSR count). The molecule has 0 aliphatic rings. The third-order valence-corrected chi connectivity index (χ3v) is 4.98. The lowest BCUT2D eigenvalue weighted by Gasteiger charge is -2.14. The van der Waals surface area contributed by atoms with Gasteiger partial charge in [0, 0.05) is 10.2 Å². The molecule has 31 heavy (non-hydrogen) atoms. The first-order chi connectivity index (χ1) is 15.1. The molecule has 0 heterocycles. The SMILES string of the molecule is CCOc1cc(/C=C(\C#N)C(=O)Nc2ccccc2)c(Br)cc1OCc1ccccc1. The molecule has 5 nitrogen and oxygen atoms in total. The molecule has 1 amide bonds. The minimum atomic E-state index is -0.483. The van der Waals surface area contributed by atoms with E-state index in [4.69, 9.17) is 9.47 Å². The molecule has 0 bridgehead atoms. The Morgan fingerprint density at radius 1 is 1.03 bits per heavy atom. The molecule has 3 aromatic carbocycles. The minimum Gasteiger partial charge on any atom is -0.490 e. The molecule has 6 heteroatoms. The number of hydrogen-bond acceptors (Lipinski definition) is 4. The van der Waals surface area contributed by atoms with Gasteiger partial charge in [-0.2, -0.15) is 5.26 Å². The van der Waals surface area contributed by atoms with Crippen molar-refractivity contribution in [3.05, 3.63) is 94.0 Å². The summed E-state index contributed by atoms with van der Waals surface area (Å²) in [7, 11) is 0. The molecule has 0 saturated heterocycles. The number of benzene rings is 3. The quantitative estimate of drug-likeness (QED) is 0.321. The van der Waals surface area contributed by atoms with Gasteiger partial charge >= 0.3 is 0 Å². The predicted molar refractivity (Wildman–Crippen MR) is 125 cm³/mol. The average Bonchev–Trinajstić information content (AvgIpc) is 2.79. The largest absolute Gasteiger partial charge is 0.490 e. The highest BCUT2D eigenvalue weighted by Gasteiger charge is 2.14. The fraction of sp³-hybridized carbons (Fsp3) is 0.120. The molecule has 156 valence electrons. The second-order valence-electron chi connectivity index (χ2n) is 6.52. The molecule has 0 fully saturated rings. The van der Waals surface area contributed by atoms with E-state index in [1.165, 1.54) is 6.08 Å². The monoisotopic (exact) mass is 476 g/mol. The number of nitrogens with zero attached hydrogens (tertiary/aromatic N) is 1. The van der Waals surface area contributed by atoms with E-state index in [2.05, 4.69) is 21.2 Å². The number of amides is 1. The smallest absolute Gasteiger partial charge is 0.266 e. The lowest BCUT2D eigenvalue weighted by atomic mass is 10.1. The summed E-state index contributed by atoms with van der Waals surface area (Å²) in [6.45, 7) is 2.73. The standard InChI is InChI=1S/C25H21BrN2O3/c1-2-30-23-14-19(13-20(16-27)25(29)28-21-11-7-4-8-12-21)22(26)15-24(23)31-17-18-9-5-3-6-10-18/h3-15H,2,17H2,1H3,(H,28,29)/b20-13+. The topological polar surface area (TPSA) is 71.3 Å². The van der Waals surface area contributed by atoms with Gasteiger partial charge in [-0.3, -0.25) is 4.79 Å². The van der Waals surface area contributed by atoms with E-state index in [9.17, 15) is 10.1 Å². The van der Waals surface area contributed by atoms with Crippen LogP contribution in [0.15, 0.2) is 82.8 Å². The predicted octanol–water partition coefficient (Wildman–Crippen LogP) is 5.97. The molecule has 0 atom stereocenters. The normalized spacial score (nSPS) is 10.8. The highest BCUT2D eigenvalue weighted by molar-refractivity contribution is 9.10. The van der Waals surface area contributed by atoms with Gasteiger partial charge < -0.3 is 14.8 Å². The van der Waals surface area contributed by atoms with Crippen molar-refractivity contribution in [3.63, 3.8) is 0 Å². The third kappa shape index (κ3) is 6.21. The molecular weight excluding hydrogens is 456 g/mol. The van der Waals surface area contributed by atoms with E-state index in [0.29, 0.717) is 40.4 Å². The Hall–Kier alpha value is -3.56. The van der Waals surface area contributed by atoms with Gasteiger partial charge in [0.25, 0.3) is 5.91 Å². The Labute approximate surface area is 190 Å². The summed E-state index contributed by atoms with van der Waals surface area (Å²) in [4.78, 5) is 12.5. The maximum Gasteiger partial charge on any atom is 0.266 e. The van der Waals surface area contributed by atoms with Crippen LogP contribution in [-0.4, -0.2) is 12.5 Å². The van der Waals surface area contributed by atoms with Crippen molar-refractivity contribution < 1.29 is 14.3 Å². The number of carbonyl (C=O) groups is 1. The summed E-state index contributed by atoms with van der Waals surface area (Å²) < 4.78 is 12.4. The second-order valence-corrected chi connectivity index (χ2v) is 7.37. The molecule has 0 saturated carbocycles. The van der Waals surface area contributed by atoms with Crippen molar-refractivity contribution in [2.24, 2.45) is 0 Å². The van der Waals surface area contributed by atoms with Crippen molar-refractivity contribution in [3.8, 4) is 17.6 Å². The number of ether oxygens (including phenoxy) is 2. The number of hydrogen-bond donors (Lipinski definition) is 1. The first kappa shape index (κ1) is 22.1. The molecule has 0 spiro atoms. The Bertz CT molecular complexity index is 1110. The number of anilines is 1. The van der Waals surface area contributed by atoms with Crippen LogP contribution >= 0.6 is 15.9 Å². The van der Waals surface area contributed by atoms with E-state index in [1.807, 2.05) is 61.5 Å². The molecule has 0 unspecified atom stereocenters. The number of nitriles is 1. The fourth-order valence-corrected chi connectivity index (χ4v) is 3.24. The van der Waals surface area contributed by atoms with Crippen LogP contribution in [0.1, 0.15) is 18.1 Å². The Balaban J connectivity index is 1.85. The van der Waals surface area contributed by atoms with Gasteiger partial charge in [0.05, 0.1) is 6.61 Å². The van der Waals surface area contributed by atoms with Gasteiger partial charge in [-0.25, -0.2) is 0 Å². The Kier molecular flexibility index (Phi) is 7.85. The summed E-state index contributed by atoms with van der Waals surface area (Å²) in [5.41, 5.74) is 2.27. The lowest BCUT2D eigenvalue weighted by Crippen LogP contribution is -2.13. The van der Waals surface area contributed by atoms with Crippen molar-refractivity contribution in [1.29, 1.82) is 5.26 Å². The highest BCUT2D eigenvalue weighted by atomic mass is 79.9. The number of rotatable bonds is 8. The summed E-state index contributed by atoms with van der Waals surface area (Å²) in [5, 5.41) is 12.2. The number of nitrogens with one attached hydrogen (secondary N) is 1. The Morgan fingerprint density at radius 2 is 1.68 bits per heavy atom. The Morgan fingerprint density at radius 3 is 2.32 bits per heavy atom.